The molecule has 0 saturated heterocycles. The van der Waals surface area contributed by atoms with Crippen LogP contribution >= 0.6 is 0 Å². The number of aliphatic hydroxyl groups excluding tert-OH is 1. The summed E-state index contributed by atoms with van der Waals surface area (Å²) < 4.78 is 0. The topological polar surface area (TPSA) is 23.5 Å². The molecule has 3 rings (SSSR count). The number of aryl methyl sites for hydroxylation is 1. The molecule has 2 aromatic rings. The summed E-state index contributed by atoms with van der Waals surface area (Å²) in [5, 5.41) is 9.22. The molecule has 92 valence electrons. The van der Waals surface area contributed by atoms with Crippen LogP contribution in [0.1, 0.15) is 16.7 Å². The zero-order valence-electron chi connectivity index (χ0n) is 10.6. The third-order valence-corrected chi connectivity index (χ3v) is 3.70. The second-order valence-electron chi connectivity index (χ2n) is 4.80. The highest BCUT2D eigenvalue weighted by Gasteiger charge is 2.19. The number of benzene rings is 2. The Morgan fingerprint density at radius 1 is 1.17 bits per heavy atom. The molecule has 18 heavy (non-hydrogen) atoms. The highest BCUT2D eigenvalue weighted by atomic mass is 16.3. The molecule has 0 amide bonds. The normalized spacial score (nSPS) is 13.8. The van der Waals surface area contributed by atoms with E-state index >= 15 is 0 Å². The quantitative estimate of drug-likeness (QED) is 0.870. The first kappa shape index (κ1) is 11.3. The van der Waals surface area contributed by atoms with Crippen LogP contribution in [0, 0.1) is 6.92 Å². The molecule has 0 saturated carbocycles. The van der Waals surface area contributed by atoms with Crippen molar-refractivity contribution in [3.8, 4) is 0 Å². The van der Waals surface area contributed by atoms with Crippen molar-refractivity contribution in [2.45, 2.75) is 20.0 Å². The van der Waals surface area contributed by atoms with Gasteiger partial charge in [-0.15, -0.1) is 0 Å². The van der Waals surface area contributed by atoms with Gasteiger partial charge in [0.05, 0.1) is 6.61 Å². The van der Waals surface area contributed by atoms with Gasteiger partial charge in [-0.2, -0.15) is 0 Å². The SMILES string of the molecule is Cc1cc(N2CCc3ccccc32)ccc1CO. The minimum atomic E-state index is 0.114. The first-order chi connectivity index (χ1) is 8.79. The van der Waals surface area contributed by atoms with Crippen LogP contribution in [0.15, 0.2) is 42.5 Å². The van der Waals surface area contributed by atoms with Crippen molar-refractivity contribution in [1.82, 2.24) is 0 Å². The molecular weight excluding hydrogens is 222 g/mol. The summed E-state index contributed by atoms with van der Waals surface area (Å²) in [6.07, 6.45) is 1.11. The van der Waals surface area contributed by atoms with Crippen molar-refractivity contribution >= 4 is 11.4 Å². The monoisotopic (exact) mass is 239 g/mol. The molecule has 0 aromatic heterocycles. The summed E-state index contributed by atoms with van der Waals surface area (Å²) in [5.74, 6) is 0. The largest absolute Gasteiger partial charge is 0.392 e. The van der Waals surface area contributed by atoms with Crippen molar-refractivity contribution in [2.75, 3.05) is 11.4 Å². The van der Waals surface area contributed by atoms with Gasteiger partial charge in [-0.3, -0.25) is 0 Å². The third-order valence-electron chi connectivity index (χ3n) is 3.70. The Balaban J connectivity index is 2.00. The Hall–Kier alpha value is -1.80. The van der Waals surface area contributed by atoms with E-state index < -0.39 is 0 Å². The summed E-state index contributed by atoms with van der Waals surface area (Å²) in [6, 6.07) is 14.8. The van der Waals surface area contributed by atoms with E-state index in [1.165, 1.54) is 16.9 Å². The Bertz CT molecular complexity index is 577. The number of fused-ring (bicyclic) bond motifs is 1. The lowest BCUT2D eigenvalue weighted by molar-refractivity contribution is 0.281. The minimum absolute atomic E-state index is 0.114. The maximum atomic E-state index is 9.22. The van der Waals surface area contributed by atoms with Gasteiger partial charge in [0.15, 0.2) is 0 Å². The zero-order valence-corrected chi connectivity index (χ0v) is 10.6. The van der Waals surface area contributed by atoms with Gasteiger partial charge in [-0.1, -0.05) is 24.3 Å². The van der Waals surface area contributed by atoms with Gasteiger partial charge in [0.1, 0.15) is 0 Å². The first-order valence-corrected chi connectivity index (χ1v) is 6.35. The van der Waals surface area contributed by atoms with Crippen LogP contribution in [-0.4, -0.2) is 11.7 Å². The van der Waals surface area contributed by atoms with E-state index in [9.17, 15) is 5.11 Å². The molecule has 2 nitrogen and oxygen atoms in total. The zero-order chi connectivity index (χ0) is 12.5. The van der Waals surface area contributed by atoms with E-state index in [1.807, 2.05) is 6.07 Å². The molecule has 1 aliphatic heterocycles. The summed E-state index contributed by atoms with van der Waals surface area (Å²) in [6.45, 7) is 3.21. The summed E-state index contributed by atoms with van der Waals surface area (Å²) in [5.41, 5.74) is 6.11. The van der Waals surface area contributed by atoms with Gasteiger partial charge >= 0.3 is 0 Å². The van der Waals surface area contributed by atoms with Crippen molar-refractivity contribution < 1.29 is 5.11 Å². The summed E-state index contributed by atoms with van der Waals surface area (Å²) >= 11 is 0. The molecule has 2 heteroatoms. The van der Waals surface area contributed by atoms with Crippen LogP contribution in [0.2, 0.25) is 0 Å². The lowest BCUT2D eigenvalue weighted by Gasteiger charge is -2.20. The fraction of sp³-hybridized carbons (Fsp3) is 0.250. The Kier molecular flexibility index (Phi) is 2.80. The van der Waals surface area contributed by atoms with Crippen LogP contribution in [-0.2, 0) is 13.0 Å². The van der Waals surface area contributed by atoms with E-state index in [1.54, 1.807) is 0 Å². The maximum absolute atomic E-state index is 9.22. The highest BCUT2D eigenvalue weighted by Crippen LogP contribution is 2.34. The average molecular weight is 239 g/mol. The lowest BCUT2D eigenvalue weighted by atomic mass is 10.1. The smallest absolute Gasteiger partial charge is 0.0684 e. The van der Waals surface area contributed by atoms with Crippen molar-refractivity contribution in [3.63, 3.8) is 0 Å². The van der Waals surface area contributed by atoms with E-state index in [4.69, 9.17) is 0 Å². The van der Waals surface area contributed by atoms with Gasteiger partial charge in [0, 0.05) is 17.9 Å². The Morgan fingerprint density at radius 3 is 2.78 bits per heavy atom. The minimum Gasteiger partial charge on any atom is -0.392 e. The molecule has 1 heterocycles. The van der Waals surface area contributed by atoms with Gasteiger partial charge in [-0.25, -0.2) is 0 Å². The Labute approximate surface area is 107 Å². The Morgan fingerprint density at radius 2 is 2.00 bits per heavy atom. The molecule has 0 unspecified atom stereocenters. The molecule has 0 fully saturated rings. The number of rotatable bonds is 2. The van der Waals surface area contributed by atoms with Gasteiger partial charge in [0.2, 0.25) is 0 Å². The molecule has 2 aromatic carbocycles. The molecule has 0 bridgehead atoms. The van der Waals surface area contributed by atoms with Crippen LogP contribution in [0.3, 0.4) is 0 Å². The van der Waals surface area contributed by atoms with E-state index in [2.05, 4.69) is 48.2 Å². The second-order valence-corrected chi connectivity index (χ2v) is 4.80. The van der Waals surface area contributed by atoms with Gasteiger partial charge in [-0.05, 0) is 48.2 Å². The third kappa shape index (κ3) is 1.79. The highest BCUT2D eigenvalue weighted by molar-refractivity contribution is 5.70. The van der Waals surface area contributed by atoms with Crippen LogP contribution in [0.25, 0.3) is 0 Å². The predicted octanol–water partition coefficient (Wildman–Crippen LogP) is 3.18. The fourth-order valence-corrected chi connectivity index (χ4v) is 2.63. The molecule has 0 radical (unpaired) electrons. The summed E-state index contributed by atoms with van der Waals surface area (Å²) in [7, 11) is 0. The van der Waals surface area contributed by atoms with Crippen molar-refractivity contribution in [2.24, 2.45) is 0 Å². The number of aliphatic hydroxyl groups is 1. The molecule has 0 aliphatic carbocycles. The molecule has 1 aliphatic rings. The van der Waals surface area contributed by atoms with E-state index in [0.29, 0.717) is 0 Å². The van der Waals surface area contributed by atoms with Gasteiger partial charge in [0.25, 0.3) is 0 Å². The second kappa shape index (κ2) is 4.46. The number of anilines is 2. The van der Waals surface area contributed by atoms with E-state index in [-0.39, 0.29) is 6.61 Å². The molecule has 0 spiro atoms. The average Bonchev–Trinajstić information content (AvgIpc) is 2.82. The fourth-order valence-electron chi connectivity index (χ4n) is 2.63. The number of hydrogen-bond donors (Lipinski definition) is 1. The van der Waals surface area contributed by atoms with Crippen molar-refractivity contribution in [1.29, 1.82) is 0 Å². The molecular formula is C16H17NO. The maximum Gasteiger partial charge on any atom is 0.0684 e. The molecule has 1 N–H and O–H groups in total. The van der Waals surface area contributed by atoms with Gasteiger partial charge < -0.3 is 10.0 Å². The molecule has 0 atom stereocenters. The standard InChI is InChI=1S/C16H17NO/c1-12-10-15(7-6-14(12)11-18)17-9-8-13-4-2-3-5-16(13)17/h2-7,10,18H,8-9,11H2,1H3. The lowest BCUT2D eigenvalue weighted by Crippen LogP contribution is -2.13. The van der Waals surface area contributed by atoms with Crippen molar-refractivity contribution in [3.05, 3.63) is 59.2 Å². The first-order valence-electron chi connectivity index (χ1n) is 6.35. The predicted molar refractivity (Wildman–Crippen MR) is 74.3 cm³/mol. The number of para-hydroxylation sites is 1. The van der Waals surface area contributed by atoms with Crippen LogP contribution in [0.5, 0.6) is 0 Å². The van der Waals surface area contributed by atoms with E-state index in [0.717, 1.165) is 24.1 Å². The summed E-state index contributed by atoms with van der Waals surface area (Å²) in [4.78, 5) is 2.35. The van der Waals surface area contributed by atoms with Crippen LogP contribution in [0.4, 0.5) is 11.4 Å². The van der Waals surface area contributed by atoms with Crippen LogP contribution < -0.4 is 4.90 Å². The number of nitrogens with zero attached hydrogens (tertiary/aromatic N) is 1. The number of hydrogen-bond acceptors (Lipinski definition) is 2.